The van der Waals surface area contributed by atoms with Crippen LogP contribution < -0.4 is 5.32 Å². The second-order valence-electron chi connectivity index (χ2n) is 4.29. The molecule has 1 aromatic rings. The molecular weight excluding hydrogens is 265 g/mol. The molecule has 1 saturated heterocycles. The van der Waals surface area contributed by atoms with Crippen molar-refractivity contribution in [3.8, 4) is 0 Å². The van der Waals surface area contributed by atoms with Crippen LogP contribution in [0.3, 0.4) is 0 Å². The molecule has 0 unspecified atom stereocenters. The van der Waals surface area contributed by atoms with E-state index < -0.39 is 22.5 Å². The highest BCUT2D eigenvalue weighted by molar-refractivity contribution is 6.30. The van der Waals surface area contributed by atoms with Crippen LogP contribution >= 0.6 is 11.6 Å². The smallest absolute Gasteiger partial charge is 0.150 e. The lowest BCUT2D eigenvalue weighted by molar-refractivity contribution is 0.242. The van der Waals surface area contributed by atoms with Gasteiger partial charge in [-0.15, -0.1) is 0 Å². The van der Waals surface area contributed by atoms with E-state index in [0.717, 1.165) is 26.2 Å². The molecule has 0 aromatic heterocycles. The molecule has 1 aromatic carbocycles. The van der Waals surface area contributed by atoms with Gasteiger partial charge in [-0.25, -0.2) is 13.2 Å². The van der Waals surface area contributed by atoms with E-state index in [4.69, 9.17) is 11.6 Å². The summed E-state index contributed by atoms with van der Waals surface area (Å²) in [6, 6.07) is 0.637. The van der Waals surface area contributed by atoms with E-state index in [1.165, 1.54) is 0 Å². The van der Waals surface area contributed by atoms with Crippen LogP contribution in [0.4, 0.5) is 13.2 Å². The van der Waals surface area contributed by atoms with E-state index in [2.05, 4.69) is 10.2 Å². The van der Waals surface area contributed by atoms with Crippen molar-refractivity contribution < 1.29 is 13.2 Å². The highest BCUT2D eigenvalue weighted by Gasteiger charge is 2.18. The van der Waals surface area contributed by atoms with Crippen molar-refractivity contribution in [2.24, 2.45) is 0 Å². The van der Waals surface area contributed by atoms with Gasteiger partial charge >= 0.3 is 0 Å². The van der Waals surface area contributed by atoms with Crippen LogP contribution in [0.1, 0.15) is 5.56 Å². The molecule has 2 rings (SSSR count). The van der Waals surface area contributed by atoms with Crippen molar-refractivity contribution in [1.82, 2.24) is 10.2 Å². The van der Waals surface area contributed by atoms with Crippen molar-refractivity contribution in [1.29, 1.82) is 0 Å². The van der Waals surface area contributed by atoms with Crippen LogP contribution in [-0.2, 0) is 6.42 Å². The zero-order valence-corrected chi connectivity index (χ0v) is 10.5. The largest absolute Gasteiger partial charge is 0.314 e. The molecule has 18 heavy (non-hydrogen) atoms. The molecule has 0 bridgehead atoms. The first-order valence-electron chi connectivity index (χ1n) is 5.84. The first-order valence-corrected chi connectivity index (χ1v) is 6.22. The molecule has 0 atom stereocenters. The number of piperazine rings is 1. The van der Waals surface area contributed by atoms with Gasteiger partial charge in [0.1, 0.15) is 16.7 Å². The second kappa shape index (κ2) is 5.91. The van der Waals surface area contributed by atoms with E-state index in [1.54, 1.807) is 0 Å². The van der Waals surface area contributed by atoms with Gasteiger partial charge in [0.25, 0.3) is 0 Å². The Bertz CT molecular complexity index is 434. The highest BCUT2D eigenvalue weighted by Crippen LogP contribution is 2.25. The number of halogens is 4. The summed E-state index contributed by atoms with van der Waals surface area (Å²) >= 11 is 5.44. The zero-order chi connectivity index (χ0) is 13.1. The van der Waals surface area contributed by atoms with Gasteiger partial charge in [0.15, 0.2) is 5.82 Å². The molecule has 1 heterocycles. The standard InChI is InChI=1S/C12H14ClF3N2/c13-11-10(15)7-9(14)8(12(11)16)1-4-18-5-2-17-3-6-18/h7,17H,1-6H2. The second-order valence-corrected chi connectivity index (χ2v) is 4.67. The molecule has 0 spiro atoms. The van der Waals surface area contributed by atoms with E-state index in [0.29, 0.717) is 12.6 Å². The minimum absolute atomic E-state index is 0.139. The molecule has 1 fully saturated rings. The first-order chi connectivity index (χ1) is 8.59. The maximum atomic E-state index is 13.6. The Balaban J connectivity index is 2.06. The summed E-state index contributed by atoms with van der Waals surface area (Å²) < 4.78 is 40.1. The van der Waals surface area contributed by atoms with Gasteiger partial charge in [0, 0.05) is 44.4 Å². The predicted octanol–water partition coefficient (Wildman–Crippen LogP) is 2.21. The summed E-state index contributed by atoms with van der Waals surface area (Å²) in [5.74, 6) is -2.91. The van der Waals surface area contributed by atoms with Gasteiger partial charge in [-0.3, -0.25) is 0 Å². The molecule has 0 aliphatic carbocycles. The van der Waals surface area contributed by atoms with Crippen molar-refractivity contribution >= 4 is 11.6 Å². The van der Waals surface area contributed by atoms with Gasteiger partial charge in [-0.1, -0.05) is 11.6 Å². The van der Waals surface area contributed by atoms with Crippen molar-refractivity contribution in [3.05, 3.63) is 34.1 Å². The van der Waals surface area contributed by atoms with Crippen LogP contribution in [0.5, 0.6) is 0 Å². The highest BCUT2D eigenvalue weighted by atomic mass is 35.5. The Morgan fingerprint density at radius 1 is 1.17 bits per heavy atom. The molecule has 0 amide bonds. The van der Waals surface area contributed by atoms with Crippen LogP contribution in [0.15, 0.2) is 6.07 Å². The quantitative estimate of drug-likeness (QED) is 0.674. The first kappa shape index (κ1) is 13.6. The molecule has 1 aliphatic rings. The third-order valence-corrected chi connectivity index (χ3v) is 3.44. The van der Waals surface area contributed by atoms with Crippen LogP contribution in [0, 0.1) is 17.5 Å². The third-order valence-electron chi connectivity index (χ3n) is 3.10. The van der Waals surface area contributed by atoms with Crippen LogP contribution in [-0.4, -0.2) is 37.6 Å². The summed E-state index contributed by atoms with van der Waals surface area (Å²) in [6.07, 6.45) is 0.192. The summed E-state index contributed by atoms with van der Waals surface area (Å²) in [5.41, 5.74) is -0.139. The SMILES string of the molecule is Fc1cc(F)c(CCN2CCNCC2)c(F)c1Cl. The average Bonchev–Trinajstić information content (AvgIpc) is 2.37. The Labute approximate surface area is 109 Å². The normalized spacial score (nSPS) is 17.1. The van der Waals surface area contributed by atoms with Gasteiger partial charge in [-0.05, 0) is 6.42 Å². The Morgan fingerprint density at radius 2 is 1.83 bits per heavy atom. The van der Waals surface area contributed by atoms with E-state index in [-0.39, 0.29) is 12.0 Å². The number of benzene rings is 1. The summed E-state index contributed by atoms with van der Waals surface area (Å²) in [4.78, 5) is 2.10. The van der Waals surface area contributed by atoms with Gasteiger partial charge in [0.05, 0.1) is 0 Å². The van der Waals surface area contributed by atoms with Gasteiger partial charge in [-0.2, -0.15) is 0 Å². The number of nitrogens with zero attached hydrogens (tertiary/aromatic N) is 1. The van der Waals surface area contributed by atoms with Crippen LogP contribution in [0.25, 0.3) is 0 Å². The van der Waals surface area contributed by atoms with Crippen molar-refractivity contribution in [3.63, 3.8) is 0 Å². The average molecular weight is 279 g/mol. The summed E-state index contributed by atoms with van der Waals surface area (Å²) in [6.45, 7) is 3.97. The lowest BCUT2D eigenvalue weighted by Gasteiger charge is -2.27. The summed E-state index contributed by atoms with van der Waals surface area (Å²) in [7, 11) is 0. The number of rotatable bonds is 3. The monoisotopic (exact) mass is 278 g/mol. The van der Waals surface area contributed by atoms with Gasteiger partial charge in [0.2, 0.25) is 0 Å². The fourth-order valence-corrected chi connectivity index (χ4v) is 2.21. The molecule has 100 valence electrons. The molecule has 1 aliphatic heterocycles. The molecule has 0 saturated carbocycles. The number of nitrogens with one attached hydrogen (secondary N) is 1. The lowest BCUT2D eigenvalue weighted by Crippen LogP contribution is -2.44. The Hall–Kier alpha value is -0.780. The van der Waals surface area contributed by atoms with E-state index in [9.17, 15) is 13.2 Å². The molecule has 2 nitrogen and oxygen atoms in total. The number of hydrogen-bond acceptors (Lipinski definition) is 2. The molecular formula is C12H14ClF3N2. The Kier molecular flexibility index (Phi) is 4.48. The maximum absolute atomic E-state index is 13.6. The third kappa shape index (κ3) is 2.96. The van der Waals surface area contributed by atoms with Crippen molar-refractivity contribution in [2.75, 3.05) is 32.7 Å². The molecule has 0 radical (unpaired) electrons. The minimum Gasteiger partial charge on any atom is -0.314 e. The van der Waals surface area contributed by atoms with E-state index in [1.807, 2.05) is 0 Å². The molecule has 1 N–H and O–H groups in total. The van der Waals surface area contributed by atoms with Crippen LogP contribution in [0.2, 0.25) is 5.02 Å². The van der Waals surface area contributed by atoms with Gasteiger partial charge < -0.3 is 10.2 Å². The fraction of sp³-hybridized carbons (Fsp3) is 0.500. The predicted molar refractivity (Wildman–Crippen MR) is 64.3 cm³/mol. The zero-order valence-electron chi connectivity index (χ0n) is 9.78. The summed E-state index contributed by atoms with van der Waals surface area (Å²) in [5, 5.41) is 2.56. The fourth-order valence-electron chi connectivity index (χ4n) is 2.04. The molecule has 6 heteroatoms. The minimum atomic E-state index is -1.06. The Morgan fingerprint density at radius 3 is 2.50 bits per heavy atom. The maximum Gasteiger partial charge on any atom is 0.150 e. The number of hydrogen-bond donors (Lipinski definition) is 1. The van der Waals surface area contributed by atoms with E-state index >= 15 is 0 Å². The topological polar surface area (TPSA) is 15.3 Å². The lowest BCUT2D eigenvalue weighted by atomic mass is 10.1. The van der Waals surface area contributed by atoms with Crippen molar-refractivity contribution in [2.45, 2.75) is 6.42 Å².